The summed E-state index contributed by atoms with van der Waals surface area (Å²) in [6.07, 6.45) is 0.214. The van der Waals surface area contributed by atoms with Gasteiger partial charge < -0.3 is 10.0 Å². The topological polar surface area (TPSA) is 40.5 Å². The van der Waals surface area contributed by atoms with Gasteiger partial charge in [-0.1, -0.05) is 18.2 Å². The van der Waals surface area contributed by atoms with Gasteiger partial charge in [0.25, 0.3) is 0 Å². The Hall–Kier alpha value is -1.58. The summed E-state index contributed by atoms with van der Waals surface area (Å²) in [6, 6.07) is 6.43. The van der Waals surface area contributed by atoms with Gasteiger partial charge in [-0.25, -0.2) is 0 Å². The van der Waals surface area contributed by atoms with E-state index in [0.717, 1.165) is 0 Å². The third-order valence-electron chi connectivity index (χ3n) is 3.15. The van der Waals surface area contributed by atoms with Crippen molar-refractivity contribution in [2.45, 2.75) is 12.5 Å². The van der Waals surface area contributed by atoms with E-state index in [-0.39, 0.29) is 30.0 Å². The van der Waals surface area contributed by atoms with Crippen LogP contribution in [0.5, 0.6) is 5.75 Å². The van der Waals surface area contributed by atoms with Crippen molar-refractivity contribution in [3.8, 4) is 5.75 Å². The largest absolute Gasteiger partial charge is 0.508 e. The van der Waals surface area contributed by atoms with E-state index in [1.165, 1.54) is 4.90 Å². The molecule has 0 bridgehead atoms. The van der Waals surface area contributed by atoms with Crippen LogP contribution in [0.15, 0.2) is 24.3 Å². The maximum atomic E-state index is 12.9. The molecular formula is C12H14FNO2. The Labute approximate surface area is 93.5 Å². The maximum absolute atomic E-state index is 12.9. The molecule has 1 aromatic carbocycles. The quantitative estimate of drug-likeness (QED) is 0.831. The lowest BCUT2D eigenvalue weighted by molar-refractivity contribution is -0.127. The van der Waals surface area contributed by atoms with Gasteiger partial charge in [0.1, 0.15) is 5.75 Å². The summed E-state index contributed by atoms with van der Waals surface area (Å²) in [7, 11) is 1.65. The molecule has 4 heteroatoms. The number of rotatable bonds is 2. The van der Waals surface area contributed by atoms with E-state index < -0.39 is 6.67 Å². The molecule has 2 rings (SSSR count). The van der Waals surface area contributed by atoms with Crippen LogP contribution in [0.1, 0.15) is 18.0 Å². The third-order valence-corrected chi connectivity index (χ3v) is 3.15. The Balaban J connectivity index is 2.39. The summed E-state index contributed by atoms with van der Waals surface area (Å²) in [5.41, 5.74) is 0.624. The summed E-state index contributed by atoms with van der Waals surface area (Å²) in [4.78, 5) is 13.0. The van der Waals surface area contributed by atoms with Gasteiger partial charge in [0, 0.05) is 24.9 Å². The highest BCUT2D eigenvalue weighted by Gasteiger charge is 2.39. The van der Waals surface area contributed by atoms with E-state index in [1.54, 1.807) is 31.3 Å². The van der Waals surface area contributed by atoms with Gasteiger partial charge in [-0.3, -0.25) is 9.18 Å². The number of aromatic hydroxyl groups is 1. The van der Waals surface area contributed by atoms with E-state index in [4.69, 9.17) is 0 Å². The van der Waals surface area contributed by atoms with Crippen molar-refractivity contribution in [3.63, 3.8) is 0 Å². The summed E-state index contributed by atoms with van der Waals surface area (Å²) in [6.45, 7) is -0.547. The molecule has 1 saturated heterocycles. The molecule has 1 N–H and O–H groups in total. The van der Waals surface area contributed by atoms with Crippen LogP contribution in [-0.2, 0) is 4.79 Å². The highest BCUT2D eigenvalue weighted by molar-refractivity contribution is 5.79. The van der Waals surface area contributed by atoms with Crippen molar-refractivity contribution in [3.05, 3.63) is 29.8 Å². The van der Waals surface area contributed by atoms with Crippen LogP contribution in [-0.4, -0.2) is 29.6 Å². The molecule has 1 aliphatic heterocycles. The standard InChI is InChI=1S/C12H14FNO2/c1-14-11(16)6-8(7-13)12(14)9-4-2-3-5-10(9)15/h2-5,8,12,15H,6-7H2,1H3. The van der Waals surface area contributed by atoms with Crippen LogP contribution in [0.2, 0.25) is 0 Å². The number of benzene rings is 1. The zero-order valence-electron chi connectivity index (χ0n) is 9.06. The maximum Gasteiger partial charge on any atom is 0.223 e. The van der Waals surface area contributed by atoms with E-state index in [9.17, 15) is 14.3 Å². The van der Waals surface area contributed by atoms with Gasteiger partial charge in [0.15, 0.2) is 0 Å². The number of carbonyl (C=O) groups is 1. The fourth-order valence-corrected chi connectivity index (χ4v) is 2.29. The number of nitrogens with zero attached hydrogens (tertiary/aromatic N) is 1. The van der Waals surface area contributed by atoms with E-state index >= 15 is 0 Å². The van der Waals surface area contributed by atoms with Crippen molar-refractivity contribution >= 4 is 5.91 Å². The van der Waals surface area contributed by atoms with Crippen molar-refractivity contribution < 1.29 is 14.3 Å². The molecule has 1 fully saturated rings. The summed E-state index contributed by atoms with van der Waals surface area (Å²) >= 11 is 0. The average molecular weight is 223 g/mol. The average Bonchev–Trinajstić information content (AvgIpc) is 2.56. The molecule has 2 unspecified atom stereocenters. The number of hydrogen-bond donors (Lipinski definition) is 1. The second-order valence-electron chi connectivity index (χ2n) is 4.13. The first kappa shape index (κ1) is 10.9. The lowest BCUT2D eigenvalue weighted by Gasteiger charge is -2.24. The van der Waals surface area contributed by atoms with Crippen molar-refractivity contribution in [2.75, 3.05) is 13.7 Å². The molecule has 3 nitrogen and oxygen atoms in total. The Morgan fingerprint density at radius 3 is 2.81 bits per heavy atom. The minimum Gasteiger partial charge on any atom is -0.508 e. The molecule has 86 valence electrons. The van der Waals surface area contributed by atoms with Crippen molar-refractivity contribution in [2.24, 2.45) is 5.92 Å². The molecule has 0 radical (unpaired) electrons. The molecule has 2 atom stereocenters. The first-order chi connectivity index (χ1) is 7.65. The van der Waals surface area contributed by atoms with Gasteiger partial charge in [-0.05, 0) is 6.07 Å². The van der Waals surface area contributed by atoms with Crippen LogP contribution >= 0.6 is 0 Å². The summed E-state index contributed by atoms with van der Waals surface area (Å²) < 4.78 is 12.9. The van der Waals surface area contributed by atoms with Gasteiger partial charge >= 0.3 is 0 Å². The zero-order valence-corrected chi connectivity index (χ0v) is 9.06. The van der Waals surface area contributed by atoms with Gasteiger partial charge in [-0.2, -0.15) is 0 Å². The number of phenols is 1. The summed E-state index contributed by atoms with van der Waals surface area (Å²) in [5.74, 6) is -0.311. The first-order valence-electron chi connectivity index (χ1n) is 5.24. The molecular weight excluding hydrogens is 209 g/mol. The number of halogens is 1. The second-order valence-corrected chi connectivity index (χ2v) is 4.13. The third kappa shape index (κ3) is 1.64. The van der Waals surface area contributed by atoms with E-state index in [0.29, 0.717) is 5.56 Å². The van der Waals surface area contributed by atoms with Gasteiger partial charge in [0.2, 0.25) is 5.91 Å². The molecule has 16 heavy (non-hydrogen) atoms. The number of carbonyl (C=O) groups excluding carboxylic acids is 1. The highest BCUT2D eigenvalue weighted by atomic mass is 19.1. The van der Waals surface area contributed by atoms with E-state index in [1.807, 2.05) is 0 Å². The molecule has 0 aliphatic carbocycles. The van der Waals surface area contributed by atoms with Crippen LogP contribution in [0.4, 0.5) is 4.39 Å². The van der Waals surface area contributed by atoms with Crippen LogP contribution in [0.3, 0.4) is 0 Å². The molecule has 0 aromatic heterocycles. The van der Waals surface area contributed by atoms with Crippen LogP contribution < -0.4 is 0 Å². The predicted octanol–water partition coefficient (Wildman–Crippen LogP) is 1.88. The molecule has 1 amide bonds. The second kappa shape index (κ2) is 4.12. The number of likely N-dealkylation sites (tertiary alicyclic amines) is 1. The van der Waals surface area contributed by atoms with Crippen molar-refractivity contribution in [1.82, 2.24) is 4.90 Å². The fraction of sp³-hybridized carbons (Fsp3) is 0.417. The predicted molar refractivity (Wildman–Crippen MR) is 57.7 cm³/mol. The molecule has 0 saturated carbocycles. The molecule has 0 spiro atoms. The van der Waals surface area contributed by atoms with E-state index in [2.05, 4.69) is 0 Å². The van der Waals surface area contributed by atoms with Crippen LogP contribution in [0, 0.1) is 5.92 Å². The minimum absolute atomic E-state index is 0.0732. The number of amides is 1. The number of alkyl halides is 1. The molecule has 1 heterocycles. The van der Waals surface area contributed by atoms with Gasteiger partial charge in [-0.15, -0.1) is 0 Å². The normalized spacial score (nSPS) is 25.1. The molecule has 1 aromatic rings. The van der Waals surface area contributed by atoms with Gasteiger partial charge in [0.05, 0.1) is 12.7 Å². The Bertz CT molecular complexity index is 408. The number of para-hydroxylation sites is 1. The Morgan fingerprint density at radius 1 is 1.50 bits per heavy atom. The lowest BCUT2D eigenvalue weighted by atomic mass is 9.94. The first-order valence-corrected chi connectivity index (χ1v) is 5.24. The smallest absolute Gasteiger partial charge is 0.223 e. The SMILES string of the molecule is CN1C(=O)CC(CF)C1c1ccccc1O. The monoisotopic (exact) mass is 223 g/mol. The van der Waals surface area contributed by atoms with Crippen LogP contribution in [0.25, 0.3) is 0 Å². The molecule has 1 aliphatic rings. The Morgan fingerprint density at radius 2 is 2.19 bits per heavy atom. The fourth-order valence-electron chi connectivity index (χ4n) is 2.29. The number of phenolic OH excluding ortho intramolecular Hbond substituents is 1. The summed E-state index contributed by atoms with van der Waals surface area (Å²) in [5, 5.41) is 9.73. The zero-order chi connectivity index (χ0) is 11.7. The Kier molecular flexibility index (Phi) is 2.81. The van der Waals surface area contributed by atoms with Crippen molar-refractivity contribution in [1.29, 1.82) is 0 Å². The highest BCUT2D eigenvalue weighted by Crippen LogP contribution is 2.40. The minimum atomic E-state index is -0.547. The number of hydrogen-bond acceptors (Lipinski definition) is 2. The lowest BCUT2D eigenvalue weighted by Crippen LogP contribution is -2.24.